The standard InChI is InChI=1S/C29H36FN5O3/c1-16-10-12-35(13-11-31-16)26-21-14-17(2)32-25(19-6-7-19)27(21)34(4)29(37)24(26)28(36)33-18(3)20-8-9-22(30)23(15-20)38-5/h8-9,14-16,18-19,31H,6-7,10-13H2,1-5H3,(H,33,36)/t16-,18-/m0/s1. The fourth-order valence-electron chi connectivity index (χ4n) is 5.43. The maximum absolute atomic E-state index is 14.0. The van der Waals surface area contributed by atoms with E-state index in [0.717, 1.165) is 54.6 Å². The first-order valence-corrected chi connectivity index (χ1v) is 13.4. The lowest BCUT2D eigenvalue weighted by Gasteiger charge is -2.28. The van der Waals surface area contributed by atoms with Crippen molar-refractivity contribution in [2.24, 2.45) is 7.05 Å². The molecule has 2 fully saturated rings. The molecule has 2 atom stereocenters. The lowest BCUT2D eigenvalue weighted by atomic mass is 10.0. The van der Waals surface area contributed by atoms with Crippen LogP contribution in [0.2, 0.25) is 0 Å². The van der Waals surface area contributed by atoms with Crippen molar-refractivity contribution in [1.82, 2.24) is 20.2 Å². The van der Waals surface area contributed by atoms with Crippen LogP contribution in [0.1, 0.15) is 72.4 Å². The maximum Gasteiger partial charge on any atom is 0.265 e. The van der Waals surface area contributed by atoms with Crippen molar-refractivity contribution >= 4 is 22.5 Å². The normalized spacial score (nSPS) is 18.8. The monoisotopic (exact) mass is 521 g/mol. The number of halogens is 1. The molecule has 1 amide bonds. The number of anilines is 1. The Hall–Kier alpha value is -3.46. The van der Waals surface area contributed by atoms with Crippen LogP contribution in [0, 0.1) is 12.7 Å². The van der Waals surface area contributed by atoms with Crippen molar-refractivity contribution in [3.63, 3.8) is 0 Å². The molecule has 9 heteroatoms. The summed E-state index contributed by atoms with van der Waals surface area (Å²) < 4.78 is 20.7. The van der Waals surface area contributed by atoms with E-state index in [1.165, 1.54) is 13.2 Å². The van der Waals surface area contributed by atoms with Gasteiger partial charge in [-0.3, -0.25) is 14.6 Å². The Morgan fingerprint density at radius 1 is 1.24 bits per heavy atom. The third-order valence-corrected chi connectivity index (χ3v) is 7.73. The Labute approximate surface area is 222 Å². The van der Waals surface area contributed by atoms with E-state index < -0.39 is 17.8 Å². The van der Waals surface area contributed by atoms with Crippen LogP contribution in [-0.2, 0) is 7.05 Å². The molecule has 5 rings (SSSR count). The second kappa shape index (κ2) is 10.4. The Morgan fingerprint density at radius 2 is 2.00 bits per heavy atom. The van der Waals surface area contributed by atoms with Gasteiger partial charge in [-0.05, 0) is 63.8 Å². The van der Waals surface area contributed by atoms with Gasteiger partial charge in [0.05, 0.1) is 30.0 Å². The lowest BCUT2D eigenvalue weighted by Crippen LogP contribution is -2.39. The van der Waals surface area contributed by atoms with Gasteiger partial charge in [-0.1, -0.05) is 6.07 Å². The number of hydrogen-bond donors (Lipinski definition) is 2. The minimum atomic E-state index is -0.475. The largest absolute Gasteiger partial charge is 0.494 e. The topological polar surface area (TPSA) is 88.5 Å². The zero-order chi connectivity index (χ0) is 27.1. The Kier molecular flexibility index (Phi) is 7.13. The summed E-state index contributed by atoms with van der Waals surface area (Å²) in [7, 11) is 3.13. The summed E-state index contributed by atoms with van der Waals surface area (Å²) in [5.41, 5.74) is 3.78. The molecule has 2 N–H and O–H groups in total. The number of hydrogen-bond acceptors (Lipinski definition) is 6. The summed E-state index contributed by atoms with van der Waals surface area (Å²) in [5.74, 6) is -0.478. The first kappa shape index (κ1) is 26.2. The smallest absolute Gasteiger partial charge is 0.265 e. The molecule has 3 aromatic rings. The van der Waals surface area contributed by atoms with Gasteiger partial charge in [0.1, 0.15) is 5.56 Å². The highest BCUT2D eigenvalue weighted by atomic mass is 19.1. The lowest BCUT2D eigenvalue weighted by molar-refractivity contribution is 0.0938. The molecule has 202 valence electrons. The number of carbonyl (C=O) groups excluding carboxylic acids is 1. The zero-order valence-electron chi connectivity index (χ0n) is 22.7. The van der Waals surface area contributed by atoms with Crippen LogP contribution in [0.5, 0.6) is 5.75 Å². The van der Waals surface area contributed by atoms with E-state index in [2.05, 4.69) is 22.5 Å². The number of methoxy groups -OCH3 is 1. The molecule has 1 saturated carbocycles. The van der Waals surface area contributed by atoms with E-state index in [-0.39, 0.29) is 16.9 Å². The van der Waals surface area contributed by atoms with Crippen LogP contribution < -0.4 is 25.8 Å². The second-order valence-corrected chi connectivity index (χ2v) is 10.6. The maximum atomic E-state index is 14.0. The molecule has 0 bridgehead atoms. The van der Waals surface area contributed by atoms with Gasteiger partial charge in [-0.15, -0.1) is 0 Å². The van der Waals surface area contributed by atoms with E-state index in [1.54, 1.807) is 23.7 Å². The summed E-state index contributed by atoms with van der Waals surface area (Å²) in [6, 6.07) is 6.37. The number of fused-ring (bicyclic) bond motifs is 1. The van der Waals surface area contributed by atoms with Crippen LogP contribution in [0.3, 0.4) is 0 Å². The van der Waals surface area contributed by atoms with Crippen molar-refractivity contribution in [2.45, 2.75) is 58.0 Å². The van der Waals surface area contributed by atoms with Crippen molar-refractivity contribution < 1.29 is 13.9 Å². The number of benzene rings is 1. The summed E-state index contributed by atoms with van der Waals surface area (Å²) in [6.07, 6.45) is 3.01. The van der Waals surface area contributed by atoms with Crippen LogP contribution in [-0.4, -0.2) is 48.2 Å². The molecule has 38 heavy (non-hydrogen) atoms. The molecule has 1 aliphatic heterocycles. The number of amides is 1. The van der Waals surface area contributed by atoms with Crippen molar-refractivity contribution in [1.29, 1.82) is 0 Å². The number of nitrogens with one attached hydrogen (secondary N) is 2. The van der Waals surface area contributed by atoms with Crippen LogP contribution in [0.25, 0.3) is 10.9 Å². The summed E-state index contributed by atoms with van der Waals surface area (Å²) in [4.78, 5) is 34.9. The molecular formula is C29H36FN5O3. The molecule has 0 radical (unpaired) electrons. The van der Waals surface area contributed by atoms with Gasteiger partial charge in [-0.25, -0.2) is 4.39 Å². The van der Waals surface area contributed by atoms with Gasteiger partial charge in [0.25, 0.3) is 11.5 Å². The Balaban J connectivity index is 1.65. The second-order valence-electron chi connectivity index (χ2n) is 10.6. The number of aryl methyl sites for hydroxylation is 2. The molecule has 2 aromatic heterocycles. The van der Waals surface area contributed by atoms with E-state index in [4.69, 9.17) is 9.72 Å². The SMILES string of the molecule is COc1cc([C@H](C)NC(=O)c2c(N3CCN[C@@H](C)CC3)c3cc(C)nc(C4CC4)c3n(C)c2=O)ccc1F. The molecular weight excluding hydrogens is 485 g/mol. The van der Waals surface area contributed by atoms with Crippen molar-refractivity contribution in [3.05, 3.63) is 63.0 Å². The van der Waals surface area contributed by atoms with E-state index in [9.17, 15) is 14.0 Å². The number of rotatable bonds is 6. The molecule has 0 unspecified atom stereocenters. The summed E-state index contributed by atoms with van der Waals surface area (Å²) >= 11 is 0. The minimum absolute atomic E-state index is 0.104. The molecule has 3 heterocycles. The summed E-state index contributed by atoms with van der Waals surface area (Å²) in [6.45, 7) is 8.09. The first-order valence-electron chi connectivity index (χ1n) is 13.4. The fraction of sp³-hybridized carbons (Fsp3) is 0.483. The average molecular weight is 522 g/mol. The van der Waals surface area contributed by atoms with E-state index in [0.29, 0.717) is 29.8 Å². The van der Waals surface area contributed by atoms with Gasteiger partial charge >= 0.3 is 0 Å². The number of pyridine rings is 2. The average Bonchev–Trinajstić information content (AvgIpc) is 3.74. The molecule has 8 nitrogen and oxygen atoms in total. The van der Waals surface area contributed by atoms with Gasteiger partial charge < -0.3 is 24.8 Å². The van der Waals surface area contributed by atoms with Crippen molar-refractivity contribution in [2.75, 3.05) is 31.6 Å². The third-order valence-electron chi connectivity index (χ3n) is 7.73. The first-order chi connectivity index (χ1) is 18.2. The van der Waals surface area contributed by atoms with Crippen LogP contribution >= 0.6 is 0 Å². The predicted molar refractivity (Wildman–Crippen MR) is 147 cm³/mol. The number of nitrogens with zero attached hydrogens (tertiary/aromatic N) is 3. The van der Waals surface area contributed by atoms with Gasteiger partial charge in [0.2, 0.25) is 0 Å². The molecule has 1 aromatic carbocycles. The summed E-state index contributed by atoms with van der Waals surface area (Å²) in [5, 5.41) is 7.39. The van der Waals surface area contributed by atoms with Gasteiger partial charge in [0.15, 0.2) is 11.6 Å². The predicted octanol–water partition coefficient (Wildman–Crippen LogP) is 3.95. The minimum Gasteiger partial charge on any atom is -0.494 e. The molecule has 1 aliphatic carbocycles. The fourth-order valence-corrected chi connectivity index (χ4v) is 5.43. The Bertz CT molecular complexity index is 1450. The highest BCUT2D eigenvalue weighted by Gasteiger charge is 2.33. The quantitative estimate of drug-likeness (QED) is 0.511. The van der Waals surface area contributed by atoms with Gasteiger partial charge in [0, 0.05) is 49.7 Å². The zero-order valence-corrected chi connectivity index (χ0v) is 22.7. The molecule has 1 saturated heterocycles. The third kappa shape index (κ3) is 4.87. The van der Waals surface area contributed by atoms with E-state index in [1.807, 2.05) is 19.9 Å². The van der Waals surface area contributed by atoms with Gasteiger partial charge in [-0.2, -0.15) is 0 Å². The molecule has 0 spiro atoms. The van der Waals surface area contributed by atoms with Crippen LogP contribution in [0.4, 0.5) is 10.1 Å². The van der Waals surface area contributed by atoms with E-state index >= 15 is 0 Å². The highest BCUT2D eigenvalue weighted by Crippen LogP contribution is 2.43. The number of aromatic nitrogens is 2. The number of carbonyl (C=O) groups is 1. The number of ether oxygens (including phenoxy) is 1. The highest BCUT2D eigenvalue weighted by molar-refractivity contribution is 6.08. The van der Waals surface area contributed by atoms with Crippen LogP contribution in [0.15, 0.2) is 29.1 Å². The molecule has 2 aliphatic rings. The Morgan fingerprint density at radius 3 is 2.71 bits per heavy atom. The van der Waals surface area contributed by atoms with Crippen molar-refractivity contribution in [3.8, 4) is 5.75 Å².